The molecule has 0 aromatic heterocycles. The van der Waals surface area contributed by atoms with Crippen LogP contribution in [0.15, 0.2) is 0 Å². The summed E-state index contributed by atoms with van der Waals surface area (Å²) in [6.07, 6.45) is 1.22. The zero-order chi connectivity index (χ0) is 23.4. The second kappa shape index (κ2) is 13.7. The first-order valence-electron chi connectivity index (χ1n) is 10.2. The molecule has 10 heteroatoms. The Morgan fingerprint density at radius 2 is 1.63 bits per heavy atom. The van der Waals surface area contributed by atoms with Crippen molar-refractivity contribution in [1.29, 1.82) is 0 Å². The molecule has 0 aliphatic carbocycles. The fraction of sp³-hybridized carbons (Fsp3) is 0.900. The number of methoxy groups -OCH3 is 1. The van der Waals surface area contributed by atoms with Gasteiger partial charge in [0.1, 0.15) is 13.2 Å². The van der Waals surface area contributed by atoms with E-state index in [0.29, 0.717) is 29.3 Å². The van der Waals surface area contributed by atoms with Crippen LogP contribution in [0.4, 0.5) is 0 Å². The third-order valence-corrected chi connectivity index (χ3v) is 9.22. The van der Waals surface area contributed by atoms with E-state index in [1.807, 2.05) is 28.1 Å². The molecule has 0 aliphatic heterocycles. The van der Waals surface area contributed by atoms with E-state index in [9.17, 15) is 9.59 Å². The minimum absolute atomic E-state index is 0.270. The van der Waals surface area contributed by atoms with Crippen molar-refractivity contribution in [2.45, 2.75) is 32.7 Å². The van der Waals surface area contributed by atoms with Crippen molar-refractivity contribution in [2.24, 2.45) is 11.3 Å². The Bertz CT molecular complexity index is 518. The van der Waals surface area contributed by atoms with Crippen molar-refractivity contribution < 1.29 is 36.8 Å². The van der Waals surface area contributed by atoms with E-state index < -0.39 is 14.2 Å². The molecule has 0 amide bonds. The average Bonchev–Trinajstić information content (AvgIpc) is 2.69. The molecule has 0 heterocycles. The van der Waals surface area contributed by atoms with Gasteiger partial charge in [-0.2, -0.15) is 11.8 Å². The van der Waals surface area contributed by atoms with Crippen molar-refractivity contribution in [3.05, 3.63) is 0 Å². The van der Waals surface area contributed by atoms with E-state index in [-0.39, 0.29) is 17.9 Å². The van der Waals surface area contributed by atoms with Crippen LogP contribution in [0.3, 0.4) is 0 Å². The quantitative estimate of drug-likeness (QED) is 0.148. The SMILES string of the molecule is COC(=O)C(C)CC(C)(CSCCC[Si](OC)(OC)OC)C(=O)OCC[N+](C)(C)C. The van der Waals surface area contributed by atoms with E-state index in [1.165, 1.54) is 7.11 Å². The van der Waals surface area contributed by atoms with Crippen molar-refractivity contribution >= 4 is 32.5 Å². The highest BCUT2D eigenvalue weighted by molar-refractivity contribution is 7.99. The maximum atomic E-state index is 12.9. The molecule has 0 aliphatic rings. The van der Waals surface area contributed by atoms with Gasteiger partial charge in [-0.15, -0.1) is 0 Å². The predicted octanol–water partition coefficient (Wildman–Crippen LogP) is 2.44. The van der Waals surface area contributed by atoms with E-state index >= 15 is 0 Å². The minimum Gasteiger partial charge on any atom is -0.469 e. The number of nitrogens with zero attached hydrogens (tertiary/aromatic N) is 1. The molecule has 0 rings (SSSR count). The summed E-state index contributed by atoms with van der Waals surface area (Å²) in [6, 6.07) is 0.701. The topological polar surface area (TPSA) is 80.3 Å². The molecule has 0 bridgehead atoms. The number of rotatable bonds is 16. The van der Waals surface area contributed by atoms with Crippen LogP contribution in [-0.2, 0) is 32.3 Å². The van der Waals surface area contributed by atoms with Crippen LogP contribution >= 0.6 is 11.8 Å². The Labute approximate surface area is 187 Å². The Morgan fingerprint density at radius 3 is 2.10 bits per heavy atom. The van der Waals surface area contributed by atoms with Gasteiger partial charge in [0.15, 0.2) is 0 Å². The van der Waals surface area contributed by atoms with Gasteiger partial charge in [0.05, 0.1) is 39.6 Å². The highest BCUT2D eigenvalue weighted by Crippen LogP contribution is 2.33. The van der Waals surface area contributed by atoms with Gasteiger partial charge in [-0.05, 0) is 25.5 Å². The van der Waals surface area contributed by atoms with Gasteiger partial charge in [0.25, 0.3) is 0 Å². The Morgan fingerprint density at radius 1 is 1.07 bits per heavy atom. The number of quaternary nitrogens is 1. The van der Waals surface area contributed by atoms with Crippen LogP contribution in [0.1, 0.15) is 26.7 Å². The number of ether oxygens (including phenoxy) is 2. The van der Waals surface area contributed by atoms with Crippen molar-refractivity contribution in [1.82, 2.24) is 0 Å². The second-order valence-corrected chi connectivity index (χ2v) is 13.0. The number of esters is 2. The lowest BCUT2D eigenvalue weighted by Crippen LogP contribution is -2.42. The molecule has 0 aromatic rings. The van der Waals surface area contributed by atoms with Crippen LogP contribution in [0.2, 0.25) is 6.04 Å². The number of carbonyl (C=O) groups excluding carboxylic acids is 2. The summed E-state index contributed by atoms with van der Waals surface area (Å²) in [4.78, 5) is 24.8. The monoisotopic (exact) mass is 468 g/mol. The fourth-order valence-corrected chi connectivity index (χ4v) is 6.15. The van der Waals surface area contributed by atoms with Crippen LogP contribution < -0.4 is 0 Å². The Hall–Kier alpha value is -0.653. The molecule has 30 heavy (non-hydrogen) atoms. The molecular weight excluding hydrogens is 426 g/mol. The molecule has 2 atom stereocenters. The summed E-state index contributed by atoms with van der Waals surface area (Å²) < 4.78 is 27.5. The first kappa shape index (κ1) is 29.3. The maximum absolute atomic E-state index is 12.9. The van der Waals surface area contributed by atoms with Gasteiger partial charge in [-0.1, -0.05) is 6.92 Å². The molecule has 0 saturated heterocycles. The van der Waals surface area contributed by atoms with Crippen LogP contribution in [-0.4, -0.2) is 99.5 Å². The van der Waals surface area contributed by atoms with E-state index in [1.54, 1.807) is 40.0 Å². The largest absolute Gasteiger partial charge is 0.500 e. The summed E-state index contributed by atoms with van der Waals surface area (Å²) in [5, 5.41) is 0. The summed E-state index contributed by atoms with van der Waals surface area (Å²) in [6.45, 7) is 4.72. The lowest BCUT2D eigenvalue weighted by molar-refractivity contribution is -0.870. The number of hydrogen-bond acceptors (Lipinski definition) is 8. The van der Waals surface area contributed by atoms with E-state index in [4.69, 9.17) is 22.8 Å². The molecule has 0 fully saturated rings. The van der Waals surface area contributed by atoms with Crippen LogP contribution in [0.25, 0.3) is 0 Å². The summed E-state index contributed by atoms with van der Waals surface area (Å²) >= 11 is 1.66. The summed E-state index contributed by atoms with van der Waals surface area (Å²) in [5.41, 5.74) is -0.776. The molecule has 0 spiro atoms. The molecule has 178 valence electrons. The molecule has 0 radical (unpaired) electrons. The summed E-state index contributed by atoms with van der Waals surface area (Å²) in [7, 11) is 9.72. The molecular formula is C20H42NO7SSi+. The van der Waals surface area contributed by atoms with Crippen molar-refractivity contribution in [3.63, 3.8) is 0 Å². The van der Waals surface area contributed by atoms with Gasteiger partial charge >= 0.3 is 20.7 Å². The smallest absolute Gasteiger partial charge is 0.469 e. The molecule has 2 unspecified atom stereocenters. The van der Waals surface area contributed by atoms with Gasteiger partial charge in [0, 0.05) is 33.1 Å². The standard InChI is InChI=1S/C20H42NO7SSi/c1-17(18(22)24-6)15-20(2,19(23)28-12-11-21(3,4)5)16-29-13-10-14-30(25-7,26-8)27-9/h17H,10-16H2,1-9H3/q+1. The fourth-order valence-electron chi connectivity index (χ4n) is 2.99. The summed E-state index contributed by atoms with van der Waals surface area (Å²) in [5.74, 6) is 0.398. The number of carbonyl (C=O) groups is 2. The number of hydrogen-bond donors (Lipinski definition) is 0. The average molecular weight is 469 g/mol. The van der Waals surface area contributed by atoms with Crippen molar-refractivity contribution in [2.75, 3.05) is 74.2 Å². The molecule has 0 aromatic carbocycles. The van der Waals surface area contributed by atoms with Gasteiger partial charge in [-0.25, -0.2) is 0 Å². The minimum atomic E-state index is -2.58. The molecule has 8 nitrogen and oxygen atoms in total. The zero-order valence-corrected chi connectivity index (χ0v) is 22.1. The highest BCUT2D eigenvalue weighted by atomic mass is 32.2. The van der Waals surface area contributed by atoms with Crippen LogP contribution in [0.5, 0.6) is 0 Å². The highest BCUT2D eigenvalue weighted by Gasteiger charge is 2.39. The van der Waals surface area contributed by atoms with E-state index in [2.05, 4.69) is 0 Å². The number of thioether (sulfide) groups is 1. The second-order valence-electron chi connectivity index (χ2n) is 8.79. The van der Waals surface area contributed by atoms with Gasteiger partial charge < -0.3 is 27.2 Å². The lowest BCUT2D eigenvalue weighted by Gasteiger charge is -2.30. The molecule has 0 saturated carbocycles. The first-order chi connectivity index (χ1) is 13.9. The Kier molecular flexibility index (Phi) is 13.4. The third-order valence-electron chi connectivity index (χ3n) is 4.97. The van der Waals surface area contributed by atoms with Gasteiger partial charge in [0.2, 0.25) is 0 Å². The molecule has 0 N–H and O–H groups in total. The maximum Gasteiger partial charge on any atom is 0.500 e. The first-order valence-corrected chi connectivity index (χ1v) is 13.3. The van der Waals surface area contributed by atoms with Crippen molar-refractivity contribution in [3.8, 4) is 0 Å². The van der Waals surface area contributed by atoms with Crippen LogP contribution in [0, 0.1) is 11.3 Å². The van der Waals surface area contributed by atoms with Gasteiger partial charge in [-0.3, -0.25) is 9.59 Å². The zero-order valence-electron chi connectivity index (χ0n) is 20.2. The van der Waals surface area contributed by atoms with E-state index in [0.717, 1.165) is 18.7 Å². The predicted molar refractivity (Wildman–Crippen MR) is 121 cm³/mol. The Balaban J connectivity index is 4.91. The lowest BCUT2D eigenvalue weighted by atomic mass is 9.83. The number of likely N-dealkylation sites (N-methyl/N-ethyl adjacent to an activating group) is 1. The normalized spacial score (nSPS) is 15.4. The third kappa shape index (κ3) is 10.6.